The SMILES string of the molecule is O=C(O)c1c(O)cc(CCc2ccc(O)c(C(=O)O)c2O)cc1O. The molecule has 0 aromatic heterocycles. The predicted molar refractivity (Wildman–Crippen MR) is 80.9 cm³/mol. The van der Waals surface area contributed by atoms with Gasteiger partial charge in [-0.1, -0.05) is 6.07 Å². The average Bonchev–Trinajstić information content (AvgIpc) is 2.44. The smallest absolute Gasteiger partial charge is 0.343 e. The number of carboxylic acids is 2. The number of aromatic carboxylic acids is 2. The van der Waals surface area contributed by atoms with E-state index in [0.29, 0.717) is 5.56 Å². The zero-order valence-electron chi connectivity index (χ0n) is 12.2. The highest BCUT2D eigenvalue weighted by Crippen LogP contribution is 2.33. The highest BCUT2D eigenvalue weighted by atomic mass is 16.4. The van der Waals surface area contributed by atoms with E-state index in [0.717, 1.165) is 6.07 Å². The van der Waals surface area contributed by atoms with Crippen molar-refractivity contribution in [3.05, 3.63) is 46.5 Å². The molecule has 8 heteroatoms. The molecule has 2 rings (SSSR count). The predicted octanol–water partition coefficient (Wildman–Crippen LogP) is 1.69. The minimum Gasteiger partial charge on any atom is -0.507 e. The van der Waals surface area contributed by atoms with Gasteiger partial charge in [-0.05, 0) is 42.2 Å². The first-order chi connectivity index (χ1) is 11.2. The van der Waals surface area contributed by atoms with Crippen LogP contribution in [0, 0.1) is 0 Å². The number of aryl methyl sites for hydroxylation is 2. The van der Waals surface area contributed by atoms with Crippen molar-refractivity contribution in [2.45, 2.75) is 12.8 Å². The van der Waals surface area contributed by atoms with E-state index >= 15 is 0 Å². The van der Waals surface area contributed by atoms with Crippen LogP contribution in [0.1, 0.15) is 31.8 Å². The van der Waals surface area contributed by atoms with Crippen LogP contribution in [0.15, 0.2) is 24.3 Å². The quantitative estimate of drug-likeness (QED) is 0.482. The lowest BCUT2D eigenvalue weighted by Gasteiger charge is -2.10. The zero-order chi connectivity index (χ0) is 18.0. The first-order valence-corrected chi connectivity index (χ1v) is 6.77. The monoisotopic (exact) mass is 334 g/mol. The fourth-order valence-electron chi connectivity index (χ4n) is 2.35. The number of aromatic hydroxyl groups is 4. The summed E-state index contributed by atoms with van der Waals surface area (Å²) < 4.78 is 0. The van der Waals surface area contributed by atoms with Gasteiger partial charge in [-0.25, -0.2) is 9.59 Å². The maximum Gasteiger partial charge on any atom is 0.343 e. The molecule has 8 nitrogen and oxygen atoms in total. The molecule has 0 radical (unpaired) electrons. The number of carbonyl (C=O) groups is 2. The number of rotatable bonds is 5. The lowest BCUT2D eigenvalue weighted by Crippen LogP contribution is -2.02. The van der Waals surface area contributed by atoms with Crippen molar-refractivity contribution < 1.29 is 40.2 Å². The highest BCUT2D eigenvalue weighted by Gasteiger charge is 2.19. The summed E-state index contributed by atoms with van der Waals surface area (Å²) >= 11 is 0. The summed E-state index contributed by atoms with van der Waals surface area (Å²) in [6.45, 7) is 0. The Kier molecular flexibility index (Phi) is 4.50. The van der Waals surface area contributed by atoms with Gasteiger partial charge < -0.3 is 30.6 Å². The van der Waals surface area contributed by atoms with Crippen LogP contribution in [-0.4, -0.2) is 42.6 Å². The van der Waals surface area contributed by atoms with Crippen molar-refractivity contribution in [2.75, 3.05) is 0 Å². The maximum absolute atomic E-state index is 11.0. The number of hydrogen-bond donors (Lipinski definition) is 6. The molecule has 0 saturated carbocycles. The van der Waals surface area contributed by atoms with E-state index in [2.05, 4.69) is 0 Å². The van der Waals surface area contributed by atoms with Crippen molar-refractivity contribution in [2.24, 2.45) is 0 Å². The van der Waals surface area contributed by atoms with Crippen LogP contribution in [0.5, 0.6) is 23.0 Å². The van der Waals surface area contributed by atoms with E-state index in [1.165, 1.54) is 18.2 Å². The number of carboxylic acid groups (broad SMARTS) is 2. The zero-order valence-corrected chi connectivity index (χ0v) is 12.2. The van der Waals surface area contributed by atoms with Gasteiger partial charge in [0.2, 0.25) is 0 Å². The first kappa shape index (κ1) is 16.9. The van der Waals surface area contributed by atoms with E-state index in [9.17, 15) is 30.0 Å². The minimum absolute atomic E-state index is 0.137. The fourth-order valence-corrected chi connectivity index (χ4v) is 2.35. The minimum atomic E-state index is -1.48. The molecule has 0 aliphatic heterocycles. The van der Waals surface area contributed by atoms with Gasteiger partial charge >= 0.3 is 11.9 Å². The first-order valence-electron chi connectivity index (χ1n) is 6.77. The third-order valence-corrected chi connectivity index (χ3v) is 3.51. The van der Waals surface area contributed by atoms with Gasteiger partial charge in [0.25, 0.3) is 0 Å². The molecule has 0 saturated heterocycles. The number of hydrogen-bond acceptors (Lipinski definition) is 6. The molecular weight excluding hydrogens is 320 g/mol. The summed E-state index contributed by atoms with van der Waals surface area (Å²) in [5, 5.41) is 56.5. The molecule has 0 bridgehead atoms. The van der Waals surface area contributed by atoms with E-state index < -0.39 is 46.1 Å². The summed E-state index contributed by atoms with van der Waals surface area (Å²) in [5.74, 6) is -5.29. The van der Waals surface area contributed by atoms with Crippen LogP contribution < -0.4 is 0 Å². The second kappa shape index (κ2) is 6.37. The van der Waals surface area contributed by atoms with Crippen LogP contribution in [0.2, 0.25) is 0 Å². The molecule has 0 atom stereocenters. The molecular formula is C16H14O8. The molecule has 0 aliphatic carbocycles. The molecule has 0 amide bonds. The lowest BCUT2D eigenvalue weighted by molar-refractivity contribution is 0.0678. The maximum atomic E-state index is 11.0. The highest BCUT2D eigenvalue weighted by molar-refractivity contribution is 5.94. The largest absolute Gasteiger partial charge is 0.507 e. The van der Waals surface area contributed by atoms with E-state index in [1.54, 1.807) is 0 Å². The van der Waals surface area contributed by atoms with Gasteiger partial charge in [-0.2, -0.15) is 0 Å². The average molecular weight is 334 g/mol. The van der Waals surface area contributed by atoms with Crippen LogP contribution in [-0.2, 0) is 12.8 Å². The summed E-state index contributed by atoms with van der Waals surface area (Å²) in [7, 11) is 0. The molecule has 2 aromatic carbocycles. The van der Waals surface area contributed by atoms with Gasteiger partial charge in [0.1, 0.15) is 34.1 Å². The Bertz CT molecular complexity index is 802. The second-order valence-corrected chi connectivity index (χ2v) is 5.09. The Morgan fingerprint density at radius 1 is 0.750 bits per heavy atom. The van der Waals surface area contributed by atoms with Gasteiger partial charge in [-0.15, -0.1) is 0 Å². The van der Waals surface area contributed by atoms with Crippen LogP contribution in [0.4, 0.5) is 0 Å². The molecule has 126 valence electrons. The van der Waals surface area contributed by atoms with E-state index in [-0.39, 0.29) is 18.4 Å². The normalized spacial score (nSPS) is 10.5. The lowest BCUT2D eigenvalue weighted by atomic mass is 9.99. The molecule has 6 N–H and O–H groups in total. The van der Waals surface area contributed by atoms with Crippen molar-refractivity contribution in [1.29, 1.82) is 0 Å². The van der Waals surface area contributed by atoms with Crippen LogP contribution in [0.3, 0.4) is 0 Å². The topological polar surface area (TPSA) is 156 Å². The third kappa shape index (κ3) is 3.17. The van der Waals surface area contributed by atoms with Gasteiger partial charge in [0, 0.05) is 0 Å². The standard InChI is InChI=1S/C16H14O8/c17-9-4-3-8(14(20)13(9)16(23)24)2-1-7-5-10(18)12(15(21)22)11(19)6-7/h3-6,17-20H,1-2H2,(H,21,22)(H,23,24). The van der Waals surface area contributed by atoms with Gasteiger partial charge in [0.05, 0.1) is 0 Å². The molecule has 24 heavy (non-hydrogen) atoms. The Balaban J connectivity index is 2.28. The molecule has 0 heterocycles. The third-order valence-electron chi connectivity index (χ3n) is 3.51. The molecule has 0 spiro atoms. The van der Waals surface area contributed by atoms with Gasteiger partial charge in [0.15, 0.2) is 0 Å². The van der Waals surface area contributed by atoms with E-state index in [1.807, 2.05) is 0 Å². The van der Waals surface area contributed by atoms with Crippen molar-refractivity contribution in [3.63, 3.8) is 0 Å². The van der Waals surface area contributed by atoms with E-state index in [4.69, 9.17) is 10.2 Å². The molecule has 2 aromatic rings. The second-order valence-electron chi connectivity index (χ2n) is 5.09. The van der Waals surface area contributed by atoms with Crippen LogP contribution >= 0.6 is 0 Å². The van der Waals surface area contributed by atoms with Crippen molar-refractivity contribution in [3.8, 4) is 23.0 Å². The summed E-state index contributed by atoms with van der Waals surface area (Å²) in [4.78, 5) is 21.9. The number of phenols is 4. The summed E-state index contributed by atoms with van der Waals surface area (Å²) in [6.07, 6.45) is 0.316. The van der Waals surface area contributed by atoms with Crippen molar-refractivity contribution >= 4 is 11.9 Å². The fraction of sp³-hybridized carbons (Fsp3) is 0.125. The summed E-state index contributed by atoms with van der Waals surface area (Å²) in [6, 6.07) is 4.82. The Hall–Kier alpha value is -3.42. The summed E-state index contributed by atoms with van der Waals surface area (Å²) in [5.41, 5.74) is -0.593. The molecule has 0 fully saturated rings. The van der Waals surface area contributed by atoms with Gasteiger partial charge in [-0.3, -0.25) is 0 Å². The Morgan fingerprint density at radius 2 is 1.29 bits per heavy atom. The Labute approximate surface area is 135 Å². The molecule has 0 aliphatic rings. The Morgan fingerprint density at radius 3 is 1.79 bits per heavy atom. The van der Waals surface area contributed by atoms with Crippen molar-refractivity contribution in [1.82, 2.24) is 0 Å². The van der Waals surface area contributed by atoms with Crippen LogP contribution in [0.25, 0.3) is 0 Å². The molecule has 0 unspecified atom stereocenters. The number of benzene rings is 2.